The molecule has 1 atom stereocenters. The SMILES string of the molecule is CC(Sc1ncnc2scc(-c3ccccc3)c12)c1ccccc1. The van der Waals surface area contributed by atoms with Crippen LogP contribution < -0.4 is 0 Å². The summed E-state index contributed by atoms with van der Waals surface area (Å²) in [4.78, 5) is 10.1. The lowest BCUT2D eigenvalue weighted by atomic mass is 10.1. The molecular formula is C20H16N2S2. The van der Waals surface area contributed by atoms with Crippen molar-refractivity contribution in [2.24, 2.45) is 0 Å². The maximum atomic E-state index is 4.59. The molecule has 0 aliphatic rings. The lowest BCUT2D eigenvalue weighted by Gasteiger charge is -2.12. The van der Waals surface area contributed by atoms with Gasteiger partial charge in [0.15, 0.2) is 0 Å². The number of thiophene rings is 1. The quantitative estimate of drug-likeness (QED) is 0.324. The van der Waals surface area contributed by atoms with E-state index < -0.39 is 0 Å². The average Bonchev–Trinajstić information content (AvgIpc) is 3.08. The van der Waals surface area contributed by atoms with Gasteiger partial charge >= 0.3 is 0 Å². The first-order valence-electron chi connectivity index (χ1n) is 7.82. The predicted molar refractivity (Wildman–Crippen MR) is 104 cm³/mol. The Morgan fingerprint density at radius 1 is 0.917 bits per heavy atom. The second-order valence-electron chi connectivity index (χ2n) is 5.55. The van der Waals surface area contributed by atoms with Gasteiger partial charge in [-0.2, -0.15) is 0 Å². The molecule has 0 spiro atoms. The molecule has 0 amide bonds. The van der Waals surface area contributed by atoms with E-state index in [9.17, 15) is 0 Å². The summed E-state index contributed by atoms with van der Waals surface area (Å²) in [6, 6.07) is 21.0. The Labute approximate surface area is 149 Å². The van der Waals surface area contributed by atoms with E-state index in [1.807, 2.05) is 6.07 Å². The van der Waals surface area contributed by atoms with Crippen LogP contribution in [0.3, 0.4) is 0 Å². The number of nitrogens with zero attached hydrogens (tertiary/aromatic N) is 2. The number of benzene rings is 2. The van der Waals surface area contributed by atoms with Crippen molar-refractivity contribution in [1.29, 1.82) is 0 Å². The first-order valence-corrected chi connectivity index (χ1v) is 9.58. The van der Waals surface area contributed by atoms with Gasteiger partial charge in [0.1, 0.15) is 16.2 Å². The van der Waals surface area contributed by atoms with Crippen molar-refractivity contribution in [3.63, 3.8) is 0 Å². The van der Waals surface area contributed by atoms with Crippen molar-refractivity contribution in [2.75, 3.05) is 0 Å². The highest BCUT2D eigenvalue weighted by molar-refractivity contribution is 7.99. The van der Waals surface area contributed by atoms with Gasteiger partial charge in [-0.25, -0.2) is 9.97 Å². The van der Waals surface area contributed by atoms with Crippen LogP contribution in [0.15, 0.2) is 77.4 Å². The minimum Gasteiger partial charge on any atom is -0.229 e. The highest BCUT2D eigenvalue weighted by Crippen LogP contribution is 2.42. The molecule has 0 aliphatic heterocycles. The molecule has 4 rings (SSSR count). The fraction of sp³-hybridized carbons (Fsp3) is 0.100. The van der Waals surface area contributed by atoms with E-state index in [1.54, 1.807) is 29.4 Å². The van der Waals surface area contributed by atoms with E-state index in [0.717, 1.165) is 9.86 Å². The zero-order valence-electron chi connectivity index (χ0n) is 13.2. The molecule has 2 aromatic carbocycles. The molecule has 2 nitrogen and oxygen atoms in total. The Hall–Kier alpha value is -2.17. The van der Waals surface area contributed by atoms with Crippen LogP contribution in [0.2, 0.25) is 0 Å². The molecule has 4 aromatic rings. The molecule has 118 valence electrons. The Balaban J connectivity index is 1.77. The van der Waals surface area contributed by atoms with Crippen LogP contribution in [0.4, 0.5) is 0 Å². The molecule has 1 unspecified atom stereocenters. The first-order chi connectivity index (χ1) is 11.8. The summed E-state index contributed by atoms with van der Waals surface area (Å²) >= 11 is 3.48. The van der Waals surface area contributed by atoms with Crippen LogP contribution in [0.1, 0.15) is 17.7 Å². The van der Waals surface area contributed by atoms with Gasteiger partial charge < -0.3 is 0 Å². The summed E-state index contributed by atoms with van der Waals surface area (Å²) < 4.78 is 0. The standard InChI is InChI=1S/C20H16N2S2/c1-14(15-8-4-2-5-9-15)24-20-18-17(16-10-6-3-7-11-16)12-23-19(18)21-13-22-20/h2-14H,1H3. The number of aromatic nitrogens is 2. The fourth-order valence-corrected chi connectivity index (χ4v) is 4.77. The second kappa shape index (κ2) is 6.75. The van der Waals surface area contributed by atoms with Crippen LogP contribution in [0.5, 0.6) is 0 Å². The number of hydrogen-bond donors (Lipinski definition) is 0. The van der Waals surface area contributed by atoms with E-state index in [0.29, 0.717) is 5.25 Å². The molecule has 0 saturated carbocycles. The lowest BCUT2D eigenvalue weighted by molar-refractivity contribution is 1.06. The molecule has 2 aromatic heterocycles. The molecule has 4 heteroatoms. The molecular weight excluding hydrogens is 332 g/mol. The van der Waals surface area contributed by atoms with E-state index in [-0.39, 0.29) is 0 Å². The van der Waals surface area contributed by atoms with Crippen LogP contribution in [-0.4, -0.2) is 9.97 Å². The third-order valence-corrected chi connectivity index (χ3v) is 6.02. The normalized spacial score (nSPS) is 12.4. The zero-order chi connectivity index (χ0) is 16.4. The summed E-state index contributed by atoms with van der Waals surface area (Å²) in [6.45, 7) is 2.22. The Bertz CT molecular complexity index is 949. The van der Waals surface area contributed by atoms with Gasteiger partial charge in [-0.3, -0.25) is 0 Å². The van der Waals surface area contributed by atoms with Crippen LogP contribution in [0, 0.1) is 0 Å². The van der Waals surface area contributed by atoms with Gasteiger partial charge in [-0.15, -0.1) is 11.3 Å². The molecule has 0 saturated heterocycles. The van der Waals surface area contributed by atoms with E-state index in [1.165, 1.54) is 22.1 Å². The minimum atomic E-state index is 0.341. The average molecular weight is 348 g/mol. The van der Waals surface area contributed by atoms with Gasteiger partial charge in [0.25, 0.3) is 0 Å². The van der Waals surface area contributed by atoms with Crippen molar-refractivity contribution in [2.45, 2.75) is 17.2 Å². The molecule has 2 heterocycles. The predicted octanol–water partition coefficient (Wildman–Crippen LogP) is 6.21. The number of rotatable bonds is 4. The molecule has 0 aliphatic carbocycles. The summed E-state index contributed by atoms with van der Waals surface area (Å²) in [7, 11) is 0. The summed E-state index contributed by atoms with van der Waals surface area (Å²) in [6.07, 6.45) is 1.67. The van der Waals surface area contributed by atoms with Gasteiger partial charge in [0, 0.05) is 16.2 Å². The molecule has 0 bridgehead atoms. The van der Waals surface area contributed by atoms with Gasteiger partial charge in [0.05, 0.1) is 5.39 Å². The topological polar surface area (TPSA) is 25.8 Å². The maximum absolute atomic E-state index is 4.59. The number of fused-ring (bicyclic) bond motifs is 1. The monoisotopic (exact) mass is 348 g/mol. The minimum absolute atomic E-state index is 0.341. The lowest BCUT2D eigenvalue weighted by Crippen LogP contribution is -1.91. The van der Waals surface area contributed by atoms with Crippen molar-refractivity contribution < 1.29 is 0 Å². The largest absolute Gasteiger partial charge is 0.229 e. The van der Waals surface area contributed by atoms with Crippen LogP contribution in [-0.2, 0) is 0 Å². The van der Waals surface area contributed by atoms with Gasteiger partial charge in [0.2, 0.25) is 0 Å². The fourth-order valence-electron chi connectivity index (χ4n) is 2.73. The Morgan fingerprint density at radius 2 is 1.62 bits per heavy atom. The van der Waals surface area contributed by atoms with Crippen LogP contribution >= 0.6 is 23.1 Å². The molecule has 0 N–H and O–H groups in total. The third-order valence-electron chi connectivity index (χ3n) is 3.98. The summed E-state index contributed by atoms with van der Waals surface area (Å²) in [5, 5.41) is 4.75. The highest BCUT2D eigenvalue weighted by Gasteiger charge is 2.16. The van der Waals surface area contributed by atoms with Crippen molar-refractivity contribution >= 4 is 33.3 Å². The summed E-state index contributed by atoms with van der Waals surface area (Å²) in [5.41, 5.74) is 3.75. The number of hydrogen-bond acceptors (Lipinski definition) is 4. The highest BCUT2D eigenvalue weighted by atomic mass is 32.2. The molecule has 0 fully saturated rings. The van der Waals surface area contributed by atoms with E-state index in [4.69, 9.17) is 0 Å². The zero-order valence-corrected chi connectivity index (χ0v) is 14.8. The van der Waals surface area contributed by atoms with E-state index in [2.05, 4.69) is 76.9 Å². The molecule has 0 radical (unpaired) electrons. The number of thioether (sulfide) groups is 1. The Morgan fingerprint density at radius 3 is 2.38 bits per heavy atom. The van der Waals surface area contributed by atoms with E-state index >= 15 is 0 Å². The maximum Gasteiger partial charge on any atom is 0.128 e. The first kappa shape index (κ1) is 15.4. The third kappa shape index (κ3) is 2.95. The van der Waals surface area contributed by atoms with Crippen LogP contribution in [0.25, 0.3) is 21.3 Å². The van der Waals surface area contributed by atoms with Gasteiger partial charge in [-0.05, 0) is 18.1 Å². The van der Waals surface area contributed by atoms with Crippen molar-refractivity contribution in [1.82, 2.24) is 9.97 Å². The molecule has 24 heavy (non-hydrogen) atoms. The van der Waals surface area contributed by atoms with Crippen molar-refractivity contribution in [3.8, 4) is 11.1 Å². The van der Waals surface area contributed by atoms with Crippen molar-refractivity contribution in [3.05, 3.63) is 77.9 Å². The smallest absolute Gasteiger partial charge is 0.128 e. The van der Waals surface area contributed by atoms with Gasteiger partial charge in [-0.1, -0.05) is 72.4 Å². The Kier molecular flexibility index (Phi) is 4.32. The summed E-state index contributed by atoms with van der Waals surface area (Å²) in [5.74, 6) is 0. The second-order valence-corrected chi connectivity index (χ2v) is 7.73.